The topological polar surface area (TPSA) is 91.7 Å². The van der Waals surface area contributed by atoms with Crippen molar-refractivity contribution < 1.29 is 19.7 Å². The molecule has 1 aromatic heterocycles. The molecule has 0 radical (unpaired) electrons. The summed E-state index contributed by atoms with van der Waals surface area (Å²) in [6.07, 6.45) is 9.10. The van der Waals surface area contributed by atoms with Crippen molar-refractivity contribution in [2.24, 2.45) is 5.92 Å². The number of pyridine rings is 1. The number of aromatic nitrogens is 1. The van der Waals surface area contributed by atoms with Gasteiger partial charge in [-0.05, 0) is 56.4 Å². The van der Waals surface area contributed by atoms with E-state index in [9.17, 15) is 15.0 Å². The Morgan fingerprint density at radius 2 is 1.97 bits per heavy atom. The van der Waals surface area contributed by atoms with E-state index in [4.69, 9.17) is 16.3 Å². The number of hydrogen-bond acceptors (Lipinski definition) is 5. The van der Waals surface area contributed by atoms with Gasteiger partial charge < -0.3 is 20.3 Å². The van der Waals surface area contributed by atoms with E-state index in [-0.39, 0.29) is 12.5 Å². The van der Waals surface area contributed by atoms with Crippen molar-refractivity contribution in [1.82, 2.24) is 10.3 Å². The first-order chi connectivity index (χ1) is 18.0. The Bertz CT molecular complexity index is 1330. The van der Waals surface area contributed by atoms with Gasteiger partial charge in [-0.1, -0.05) is 72.3 Å². The quantitative estimate of drug-likeness (QED) is 0.281. The van der Waals surface area contributed by atoms with Crippen LogP contribution in [0.1, 0.15) is 11.1 Å². The second-order valence-corrected chi connectivity index (χ2v) is 9.68. The lowest BCUT2D eigenvalue weighted by Crippen LogP contribution is -2.42. The van der Waals surface area contributed by atoms with E-state index in [1.54, 1.807) is 12.4 Å². The van der Waals surface area contributed by atoms with Gasteiger partial charge in [0, 0.05) is 34.9 Å². The van der Waals surface area contributed by atoms with Crippen molar-refractivity contribution in [2.45, 2.75) is 12.6 Å². The number of aliphatic hydroxyl groups excluding tert-OH is 1. The minimum Gasteiger partial charge on any atom is -0.487 e. The fraction of sp³-hybridized carbons (Fsp3) is 0.172. The minimum atomic E-state index is -1.12. The molecule has 0 spiro atoms. The Hall–Kier alpha value is -3.23. The van der Waals surface area contributed by atoms with E-state index in [1.807, 2.05) is 60.7 Å². The second kappa shape index (κ2) is 12.8. The van der Waals surface area contributed by atoms with E-state index in [0.29, 0.717) is 17.4 Å². The number of carboxylic acids is 1. The summed E-state index contributed by atoms with van der Waals surface area (Å²) in [5, 5.41) is 22.0. The maximum atomic E-state index is 11.3. The number of carbonyl (C=O) groups is 1. The average molecular weight is 582 g/mol. The Kier molecular flexibility index (Phi) is 9.30. The number of hydrogen-bond donors (Lipinski definition) is 3. The molecule has 2 atom stereocenters. The third kappa shape index (κ3) is 6.96. The molecule has 0 aliphatic heterocycles. The Morgan fingerprint density at radius 3 is 2.68 bits per heavy atom. The first kappa shape index (κ1) is 26.8. The van der Waals surface area contributed by atoms with Gasteiger partial charge >= 0.3 is 5.97 Å². The summed E-state index contributed by atoms with van der Waals surface area (Å²) in [6.45, 7) is 0.0579. The fourth-order valence-corrected chi connectivity index (χ4v) is 4.83. The van der Waals surface area contributed by atoms with Gasteiger partial charge in [0.15, 0.2) is 0 Å². The van der Waals surface area contributed by atoms with Crippen molar-refractivity contribution in [1.29, 1.82) is 0 Å². The van der Waals surface area contributed by atoms with Crippen molar-refractivity contribution in [3.63, 3.8) is 0 Å². The molecule has 0 fully saturated rings. The zero-order chi connectivity index (χ0) is 26.2. The summed E-state index contributed by atoms with van der Waals surface area (Å²) < 4.78 is 7.13. The van der Waals surface area contributed by atoms with Gasteiger partial charge in [-0.25, -0.2) is 0 Å². The van der Waals surface area contributed by atoms with Gasteiger partial charge in [0.1, 0.15) is 18.4 Å². The molecule has 2 aromatic carbocycles. The zero-order valence-electron chi connectivity index (χ0n) is 19.9. The SMILES string of the molecule is O=C(O)[C@H](CO)NCC1C=C(Cl)C(OCc2cccc(-c3ccccc3)c2Br)=CC1=Cc1cccnc1. The summed E-state index contributed by atoms with van der Waals surface area (Å²) in [5.41, 5.74) is 4.91. The van der Waals surface area contributed by atoms with Crippen LogP contribution in [0.15, 0.2) is 106 Å². The normalized spacial score (nSPS) is 17.2. The number of ether oxygens (including phenoxy) is 1. The standard InChI is InChI=1S/C29H26BrClN2O4/c30-28-21(9-4-10-24(28)20-7-2-1-3-8-20)18-37-27-14-22(12-19-6-5-11-32-15-19)23(13-25(27)31)16-33-26(17-34)29(35)36/h1-15,23,26,33-34H,16-18H2,(H,35,36)/t23?,26-/m0/s1. The average Bonchev–Trinajstić information content (AvgIpc) is 2.91. The second-order valence-electron chi connectivity index (χ2n) is 8.48. The predicted molar refractivity (Wildman–Crippen MR) is 149 cm³/mol. The highest BCUT2D eigenvalue weighted by molar-refractivity contribution is 9.10. The molecule has 1 aliphatic carbocycles. The van der Waals surface area contributed by atoms with Gasteiger partial charge in [0.2, 0.25) is 0 Å². The number of benzene rings is 2. The summed E-state index contributed by atoms with van der Waals surface area (Å²) in [7, 11) is 0. The van der Waals surface area contributed by atoms with Crippen LogP contribution in [-0.4, -0.2) is 40.4 Å². The van der Waals surface area contributed by atoms with Crippen LogP contribution in [0.5, 0.6) is 0 Å². The Labute approximate surface area is 229 Å². The first-order valence-corrected chi connectivity index (χ1v) is 12.9. The number of carboxylic acid groups (broad SMARTS) is 1. The van der Waals surface area contributed by atoms with Crippen LogP contribution in [0, 0.1) is 5.92 Å². The van der Waals surface area contributed by atoms with Crippen LogP contribution in [0.4, 0.5) is 0 Å². The van der Waals surface area contributed by atoms with E-state index in [0.717, 1.165) is 32.3 Å². The molecule has 0 amide bonds. The van der Waals surface area contributed by atoms with Crippen LogP contribution in [0.25, 0.3) is 17.2 Å². The molecule has 0 bridgehead atoms. The number of aliphatic hydroxyl groups is 1. The molecule has 3 aromatic rings. The zero-order valence-corrected chi connectivity index (χ0v) is 22.2. The van der Waals surface area contributed by atoms with Crippen LogP contribution in [0.3, 0.4) is 0 Å². The summed E-state index contributed by atoms with van der Waals surface area (Å²) >= 11 is 10.3. The Balaban J connectivity index is 1.57. The third-order valence-electron chi connectivity index (χ3n) is 5.94. The van der Waals surface area contributed by atoms with Crippen LogP contribution >= 0.6 is 27.5 Å². The highest BCUT2D eigenvalue weighted by Gasteiger charge is 2.23. The molecule has 37 heavy (non-hydrogen) atoms. The highest BCUT2D eigenvalue weighted by atomic mass is 79.9. The molecule has 1 aliphatic rings. The van der Waals surface area contributed by atoms with Gasteiger partial charge in [-0.3, -0.25) is 9.78 Å². The number of aliphatic carboxylic acids is 1. The van der Waals surface area contributed by atoms with Gasteiger partial charge in [0.25, 0.3) is 0 Å². The first-order valence-electron chi connectivity index (χ1n) is 11.7. The molecule has 8 heteroatoms. The van der Waals surface area contributed by atoms with Crippen molar-refractivity contribution >= 4 is 39.6 Å². The molecule has 6 nitrogen and oxygen atoms in total. The molecule has 4 rings (SSSR count). The van der Waals surface area contributed by atoms with E-state index in [2.05, 4.69) is 44.4 Å². The maximum absolute atomic E-state index is 11.3. The minimum absolute atomic E-state index is 0.235. The van der Waals surface area contributed by atoms with Crippen LogP contribution in [0.2, 0.25) is 0 Å². The van der Waals surface area contributed by atoms with E-state index >= 15 is 0 Å². The van der Waals surface area contributed by atoms with Crippen molar-refractivity contribution in [3.05, 3.63) is 117 Å². The van der Waals surface area contributed by atoms with Gasteiger partial charge in [-0.15, -0.1) is 0 Å². The number of rotatable bonds is 10. The van der Waals surface area contributed by atoms with E-state index < -0.39 is 18.6 Å². The lowest BCUT2D eigenvalue weighted by molar-refractivity contribution is -0.140. The predicted octanol–water partition coefficient (Wildman–Crippen LogP) is 5.78. The molecule has 3 N–H and O–H groups in total. The van der Waals surface area contributed by atoms with Gasteiger partial charge in [-0.2, -0.15) is 0 Å². The van der Waals surface area contributed by atoms with Crippen LogP contribution in [-0.2, 0) is 16.1 Å². The smallest absolute Gasteiger partial charge is 0.323 e. The molecular formula is C29H26BrClN2O4. The third-order valence-corrected chi connectivity index (χ3v) is 7.19. The number of nitrogens with one attached hydrogen (secondary N) is 1. The monoisotopic (exact) mass is 580 g/mol. The molecule has 0 saturated carbocycles. The molecular weight excluding hydrogens is 556 g/mol. The number of halogens is 2. The number of nitrogens with zero attached hydrogens (tertiary/aromatic N) is 1. The highest BCUT2D eigenvalue weighted by Crippen LogP contribution is 2.35. The lowest BCUT2D eigenvalue weighted by Gasteiger charge is -2.24. The molecule has 1 heterocycles. The summed E-state index contributed by atoms with van der Waals surface area (Å²) in [4.78, 5) is 15.5. The summed E-state index contributed by atoms with van der Waals surface area (Å²) in [6, 6.07) is 18.9. The summed E-state index contributed by atoms with van der Waals surface area (Å²) in [5.74, 6) is -0.835. The molecule has 190 valence electrons. The Morgan fingerprint density at radius 1 is 1.16 bits per heavy atom. The van der Waals surface area contributed by atoms with Crippen LogP contribution < -0.4 is 5.32 Å². The lowest BCUT2D eigenvalue weighted by atomic mass is 9.91. The van der Waals surface area contributed by atoms with Crippen molar-refractivity contribution in [3.8, 4) is 11.1 Å². The largest absolute Gasteiger partial charge is 0.487 e. The number of allylic oxidation sites excluding steroid dienone is 2. The maximum Gasteiger partial charge on any atom is 0.323 e. The van der Waals surface area contributed by atoms with Gasteiger partial charge in [0.05, 0.1) is 11.6 Å². The fourth-order valence-electron chi connectivity index (χ4n) is 3.96. The molecule has 1 unspecified atom stereocenters. The molecule has 0 saturated heterocycles. The van der Waals surface area contributed by atoms with E-state index in [1.165, 1.54) is 0 Å². The van der Waals surface area contributed by atoms with Crippen molar-refractivity contribution in [2.75, 3.05) is 13.2 Å².